The van der Waals surface area contributed by atoms with E-state index >= 15 is 0 Å². The topological polar surface area (TPSA) is 107 Å². The number of hydrogen-bond donors (Lipinski definition) is 1. The Bertz CT molecular complexity index is 366. The fraction of sp³-hybridized carbons (Fsp3) is 0.333. The van der Waals surface area contributed by atoms with Gasteiger partial charge in [-0.15, -0.1) is 0 Å². The predicted molar refractivity (Wildman–Crippen MR) is 55.3 cm³/mol. The number of benzene rings is 1. The molecule has 0 aromatic heterocycles. The highest BCUT2D eigenvalue weighted by Gasteiger charge is 2.06. The molecular formula is C9H10N3O4-. The van der Waals surface area contributed by atoms with Gasteiger partial charge in [-0.1, -0.05) is 0 Å². The van der Waals surface area contributed by atoms with Crippen molar-refractivity contribution in [1.29, 1.82) is 0 Å². The lowest BCUT2D eigenvalue weighted by molar-refractivity contribution is -0.384. The first-order valence-corrected chi connectivity index (χ1v) is 4.49. The average molecular weight is 224 g/mol. The van der Waals surface area contributed by atoms with Gasteiger partial charge < -0.3 is 20.5 Å². The average Bonchev–Trinajstić information content (AvgIpc) is 2.27. The third-order valence-electron chi connectivity index (χ3n) is 1.78. The number of nitro groups is 1. The van der Waals surface area contributed by atoms with E-state index in [-0.39, 0.29) is 18.8 Å². The van der Waals surface area contributed by atoms with Gasteiger partial charge in [-0.05, 0) is 12.1 Å². The zero-order chi connectivity index (χ0) is 12.0. The second-order valence-electron chi connectivity index (χ2n) is 3.04. The summed E-state index contributed by atoms with van der Waals surface area (Å²) in [5.41, 5.74) is 8.14. The molecule has 7 heteroatoms. The van der Waals surface area contributed by atoms with Crippen LogP contribution in [0.5, 0.6) is 5.75 Å². The maximum absolute atomic E-state index is 10.3. The van der Waals surface area contributed by atoms with Gasteiger partial charge in [0.15, 0.2) is 0 Å². The molecule has 0 heterocycles. The largest absolute Gasteiger partial charge is 0.712 e. The number of aliphatic hydroxyl groups excluding tert-OH is 1. The van der Waals surface area contributed by atoms with Crippen LogP contribution in [0.15, 0.2) is 29.4 Å². The summed E-state index contributed by atoms with van der Waals surface area (Å²) >= 11 is 0. The van der Waals surface area contributed by atoms with Gasteiger partial charge in [0.1, 0.15) is 18.5 Å². The molecule has 0 aliphatic carbocycles. The molecule has 0 spiro atoms. The number of rotatable bonds is 6. The molecule has 0 aliphatic heterocycles. The van der Waals surface area contributed by atoms with E-state index in [1.807, 2.05) is 0 Å². The Morgan fingerprint density at radius 3 is 2.62 bits per heavy atom. The molecule has 1 N–H and O–H groups in total. The van der Waals surface area contributed by atoms with Crippen LogP contribution in [-0.4, -0.2) is 29.3 Å². The van der Waals surface area contributed by atoms with Crippen molar-refractivity contribution >= 4 is 5.69 Å². The highest BCUT2D eigenvalue weighted by molar-refractivity contribution is 5.35. The van der Waals surface area contributed by atoms with Crippen molar-refractivity contribution in [1.82, 2.24) is 0 Å². The summed E-state index contributed by atoms with van der Waals surface area (Å²) in [5, 5.41) is 22.3. The van der Waals surface area contributed by atoms with E-state index in [9.17, 15) is 10.1 Å². The summed E-state index contributed by atoms with van der Waals surface area (Å²) in [6.07, 6.45) is -0.903. The van der Waals surface area contributed by atoms with Gasteiger partial charge in [-0.2, -0.15) is 0 Å². The first kappa shape index (κ1) is 12.1. The highest BCUT2D eigenvalue weighted by atomic mass is 16.6. The number of nitrogens with zero attached hydrogens (tertiary/aromatic N) is 3. The summed E-state index contributed by atoms with van der Waals surface area (Å²) in [5.74, 6) is 0.405. The van der Waals surface area contributed by atoms with Crippen LogP contribution in [0.3, 0.4) is 0 Å². The van der Waals surface area contributed by atoms with Crippen molar-refractivity contribution in [3.8, 4) is 5.75 Å². The summed E-state index contributed by atoms with van der Waals surface area (Å²) in [4.78, 5) is 9.84. The number of hydrogen-bond acceptors (Lipinski definition) is 5. The smallest absolute Gasteiger partial charge is 0.269 e. The van der Waals surface area contributed by atoms with Gasteiger partial charge in [-0.25, -0.2) is 0 Å². The lowest BCUT2D eigenvalue weighted by Crippen LogP contribution is -2.20. The molecule has 1 rings (SSSR count). The van der Waals surface area contributed by atoms with Crippen molar-refractivity contribution in [2.45, 2.75) is 6.10 Å². The van der Waals surface area contributed by atoms with E-state index in [2.05, 4.69) is 5.11 Å². The molecular weight excluding hydrogens is 214 g/mol. The van der Waals surface area contributed by atoms with Gasteiger partial charge in [0.25, 0.3) is 5.69 Å². The molecule has 0 saturated carbocycles. The van der Waals surface area contributed by atoms with Gasteiger partial charge >= 0.3 is 0 Å². The molecule has 0 bridgehead atoms. The Morgan fingerprint density at radius 1 is 1.50 bits per heavy atom. The van der Waals surface area contributed by atoms with E-state index in [1.54, 1.807) is 0 Å². The van der Waals surface area contributed by atoms with E-state index < -0.39 is 11.0 Å². The molecule has 86 valence electrons. The van der Waals surface area contributed by atoms with E-state index in [0.717, 1.165) is 0 Å². The Balaban J connectivity index is 2.49. The summed E-state index contributed by atoms with van der Waals surface area (Å²) in [7, 11) is 0. The first-order valence-electron chi connectivity index (χ1n) is 4.49. The van der Waals surface area contributed by atoms with Gasteiger partial charge in [0.05, 0.1) is 4.92 Å². The van der Waals surface area contributed by atoms with Crippen LogP contribution in [0.25, 0.3) is 5.53 Å². The Labute approximate surface area is 91.3 Å². The fourth-order valence-corrected chi connectivity index (χ4v) is 1.00. The van der Waals surface area contributed by atoms with E-state index in [1.165, 1.54) is 24.3 Å². The van der Waals surface area contributed by atoms with Crippen LogP contribution >= 0.6 is 0 Å². The minimum atomic E-state index is -0.903. The van der Waals surface area contributed by atoms with Crippen molar-refractivity contribution < 1.29 is 14.8 Å². The summed E-state index contributed by atoms with van der Waals surface area (Å²) in [6.45, 7) is -0.172. The third kappa shape index (κ3) is 3.62. The number of aliphatic hydroxyl groups is 1. The van der Waals surface area contributed by atoms with E-state index in [4.69, 9.17) is 15.4 Å². The van der Waals surface area contributed by atoms with Crippen LogP contribution in [0.4, 0.5) is 5.69 Å². The highest BCUT2D eigenvalue weighted by Crippen LogP contribution is 2.17. The van der Waals surface area contributed by atoms with Crippen molar-refractivity contribution in [2.75, 3.05) is 13.2 Å². The van der Waals surface area contributed by atoms with Crippen LogP contribution in [0.1, 0.15) is 0 Å². The predicted octanol–water partition coefficient (Wildman–Crippen LogP) is 1.36. The minimum absolute atomic E-state index is 0.0294. The van der Waals surface area contributed by atoms with Crippen molar-refractivity contribution in [3.63, 3.8) is 0 Å². The fourth-order valence-electron chi connectivity index (χ4n) is 1.00. The zero-order valence-corrected chi connectivity index (χ0v) is 8.31. The van der Waals surface area contributed by atoms with Gasteiger partial charge in [-0.3, -0.25) is 10.1 Å². The van der Waals surface area contributed by atoms with Crippen molar-refractivity contribution in [3.05, 3.63) is 39.9 Å². The second kappa shape index (κ2) is 5.76. The number of ether oxygens (including phenoxy) is 1. The molecule has 0 amide bonds. The Hall–Kier alpha value is -2.02. The van der Waals surface area contributed by atoms with Crippen LogP contribution in [0, 0.1) is 10.1 Å². The molecule has 0 aliphatic rings. The van der Waals surface area contributed by atoms with Gasteiger partial charge in [0, 0.05) is 18.7 Å². The van der Waals surface area contributed by atoms with Crippen molar-refractivity contribution in [2.24, 2.45) is 5.11 Å². The molecule has 16 heavy (non-hydrogen) atoms. The molecule has 0 saturated heterocycles. The van der Waals surface area contributed by atoms with E-state index in [0.29, 0.717) is 5.75 Å². The molecule has 1 aromatic rings. The Morgan fingerprint density at radius 2 is 2.12 bits per heavy atom. The van der Waals surface area contributed by atoms with Crippen LogP contribution < -0.4 is 4.74 Å². The second-order valence-corrected chi connectivity index (χ2v) is 3.04. The number of nitro benzene ring substituents is 1. The van der Waals surface area contributed by atoms with Crippen LogP contribution in [-0.2, 0) is 0 Å². The molecule has 1 atom stereocenters. The Kier molecular flexibility index (Phi) is 4.34. The number of non-ortho nitro benzene ring substituents is 1. The summed E-state index contributed by atoms with van der Waals surface area (Å²) in [6, 6.07) is 5.47. The first-order chi connectivity index (χ1) is 7.63. The monoisotopic (exact) mass is 224 g/mol. The molecule has 0 radical (unpaired) electrons. The molecule has 7 nitrogen and oxygen atoms in total. The standard InChI is InChI=1S/C9H10N3O4/c10-11-5-8(13)6-16-9-3-1-7(2-4-9)12(14)15/h1-4,8,13H,5-6H2/q-1/t8-/m0/s1. The maximum atomic E-state index is 10.3. The molecule has 1 aromatic carbocycles. The normalized spacial score (nSPS) is 11.8. The SMILES string of the molecule is [N-]=NC[C@H](O)COc1ccc([N+](=O)[O-])cc1. The lowest BCUT2D eigenvalue weighted by Gasteiger charge is -2.10. The van der Waals surface area contributed by atoms with Gasteiger partial charge in [0.2, 0.25) is 0 Å². The minimum Gasteiger partial charge on any atom is -0.712 e. The summed E-state index contributed by atoms with van der Waals surface area (Å²) < 4.78 is 5.11. The molecule has 0 unspecified atom stereocenters. The zero-order valence-electron chi connectivity index (χ0n) is 8.31. The van der Waals surface area contributed by atoms with Crippen LogP contribution in [0.2, 0.25) is 0 Å². The quantitative estimate of drug-likeness (QED) is 0.447. The maximum Gasteiger partial charge on any atom is 0.269 e. The lowest BCUT2D eigenvalue weighted by atomic mass is 10.3. The molecule has 0 fully saturated rings. The third-order valence-corrected chi connectivity index (χ3v) is 1.78.